The van der Waals surface area contributed by atoms with E-state index in [0.29, 0.717) is 23.9 Å². The highest BCUT2D eigenvalue weighted by Gasteiger charge is 2.21. The number of esters is 2. The number of hydrogen-bond acceptors (Lipinski definition) is 8. The number of carbonyl (C=O) groups excluding carboxylic acids is 2. The van der Waals surface area contributed by atoms with Crippen molar-refractivity contribution in [3.63, 3.8) is 0 Å². The minimum atomic E-state index is -4.66. The van der Waals surface area contributed by atoms with E-state index in [2.05, 4.69) is 172 Å². The summed E-state index contributed by atoms with van der Waals surface area (Å²) in [7, 11) is 1.12. The van der Waals surface area contributed by atoms with Crippen LogP contribution in [-0.2, 0) is 32.7 Å². The van der Waals surface area contributed by atoms with Crippen LogP contribution in [0.1, 0.15) is 232 Å². The number of carbonyl (C=O) groups is 2. The zero-order chi connectivity index (χ0) is 59.8. The highest BCUT2D eigenvalue weighted by Crippen LogP contribution is 2.38. The van der Waals surface area contributed by atoms with E-state index in [-0.39, 0.29) is 26.1 Å². The van der Waals surface area contributed by atoms with Gasteiger partial charge in [0, 0.05) is 12.8 Å². The first-order valence-electron chi connectivity index (χ1n) is 32.2. The number of unbranched alkanes of at least 4 members (excludes halogenated alkanes) is 17. The number of nitrogens with zero attached hydrogens (tertiary/aromatic N) is 1. The van der Waals surface area contributed by atoms with E-state index >= 15 is 0 Å². The fourth-order valence-electron chi connectivity index (χ4n) is 8.18. The third kappa shape index (κ3) is 64.8. The van der Waals surface area contributed by atoms with Crippen LogP contribution in [0.5, 0.6) is 0 Å². The number of likely N-dealkylation sites (N-methyl/N-ethyl adjacent to an activating group) is 1. The second-order valence-corrected chi connectivity index (χ2v) is 23.4. The van der Waals surface area contributed by atoms with Gasteiger partial charge in [0.1, 0.15) is 19.8 Å². The molecule has 0 aliphatic heterocycles. The van der Waals surface area contributed by atoms with Crippen molar-refractivity contribution in [1.29, 1.82) is 0 Å². The number of ether oxygens (including phenoxy) is 2. The molecule has 0 bridgehead atoms. The van der Waals surface area contributed by atoms with Crippen molar-refractivity contribution < 1.29 is 42.1 Å². The Bertz CT molecular complexity index is 1940. The minimum Gasteiger partial charge on any atom is -0.756 e. The molecule has 82 heavy (non-hydrogen) atoms. The second kappa shape index (κ2) is 61.2. The number of phosphoric acid groups is 1. The lowest BCUT2D eigenvalue weighted by atomic mass is 10.0. The van der Waals surface area contributed by atoms with Crippen molar-refractivity contribution in [3.05, 3.63) is 158 Å². The molecule has 9 nitrogen and oxygen atoms in total. The van der Waals surface area contributed by atoms with Crippen LogP contribution in [0.15, 0.2) is 158 Å². The molecule has 2 atom stereocenters. The van der Waals surface area contributed by atoms with Gasteiger partial charge in [-0.25, -0.2) is 0 Å². The lowest BCUT2D eigenvalue weighted by Crippen LogP contribution is -2.37. The fourth-order valence-corrected chi connectivity index (χ4v) is 8.91. The molecule has 0 N–H and O–H groups in total. The molecule has 0 heterocycles. The lowest BCUT2D eigenvalue weighted by Gasteiger charge is -2.28. The van der Waals surface area contributed by atoms with Crippen molar-refractivity contribution >= 4 is 19.8 Å². The Balaban J connectivity index is 4.06. The maximum absolute atomic E-state index is 12.8. The topological polar surface area (TPSA) is 111 Å². The summed E-state index contributed by atoms with van der Waals surface area (Å²) >= 11 is 0. The Morgan fingerprint density at radius 2 is 0.671 bits per heavy atom. The van der Waals surface area contributed by atoms with Gasteiger partial charge in [-0.05, 0) is 116 Å². The third-order valence-electron chi connectivity index (χ3n) is 13.0. The number of rotatable bonds is 57. The van der Waals surface area contributed by atoms with Crippen LogP contribution < -0.4 is 4.89 Å². The van der Waals surface area contributed by atoms with E-state index < -0.39 is 32.5 Å². The first kappa shape index (κ1) is 77.6. The normalized spacial score (nSPS) is 14.3. The first-order valence-corrected chi connectivity index (χ1v) is 33.7. The van der Waals surface area contributed by atoms with Crippen LogP contribution in [0.4, 0.5) is 0 Å². The number of quaternary nitrogens is 1. The van der Waals surface area contributed by atoms with Crippen LogP contribution in [0, 0.1) is 0 Å². The summed E-state index contributed by atoms with van der Waals surface area (Å²) in [6.07, 6.45) is 91.9. The summed E-state index contributed by atoms with van der Waals surface area (Å²) < 4.78 is 34.1. The number of hydrogen-bond donors (Lipinski definition) is 0. The van der Waals surface area contributed by atoms with Crippen molar-refractivity contribution in [2.45, 2.75) is 238 Å². The summed E-state index contributed by atoms with van der Waals surface area (Å²) in [5.74, 6) is -0.909. The minimum absolute atomic E-state index is 0.0464. The van der Waals surface area contributed by atoms with E-state index in [4.69, 9.17) is 18.5 Å². The van der Waals surface area contributed by atoms with Crippen molar-refractivity contribution in [2.24, 2.45) is 0 Å². The summed E-state index contributed by atoms with van der Waals surface area (Å²) in [4.78, 5) is 37.9. The van der Waals surface area contributed by atoms with E-state index in [1.807, 2.05) is 21.1 Å². The summed E-state index contributed by atoms with van der Waals surface area (Å²) in [6.45, 7) is 3.93. The lowest BCUT2D eigenvalue weighted by molar-refractivity contribution is -0.870. The molecular formula is C72H118NO8P. The van der Waals surface area contributed by atoms with E-state index in [0.717, 1.165) is 109 Å². The summed E-state index contributed by atoms with van der Waals surface area (Å²) in [5.41, 5.74) is 0. The molecule has 10 heteroatoms. The van der Waals surface area contributed by atoms with Crippen molar-refractivity contribution in [1.82, 2.24) is 0 Å². The van der Waals surface area contributed by atoms with Gasteiger partial charge in [0.25, 0.3) is 7.82 Å². The molecule has 0 aliphatic carbocycles. The highest BCUT2D eigenvalue weighted by atomic mass is 31.2. The molecule has 0 spiro atoms. The van der Waals surface area contributed by atoms with Gasteiger partial charge in [-0.3, -0.25) is 14.2 Å². The second-order valence-electron chi connectivity index (χ2n) is 22.0. The summed E-state index contributed by atoms with van der Waals surface area (Å²) in [6, 6.07) is 0. The number of phosphoric ester groups is 1. The Morgan fingerprint density at radius 3 is 1.01 bits per heavy atom. The van der Waals surface area contributed by atoms with Gasteiger partial charge in [0.2, 0.25) is 0 Å². The van der Waals surface area contributed by atoms with Crippen LogP contribution in [-0.4, -0.2) is 70.0 Å². The van der Waals surface area contributed by atoms with Gasteiger partial charge in [-0.2, -0.15) is 0 Å². The zero-order valence-electron chi connectivity index (χ0n) is 52.6. The molecule has 0 aliphatic rings. The fraction of sp³-hybridized carbons (Fsp3) is 0.611. The first-order chi connectivity index (χ1) is 40.0. The third-order valence-corrected chi connectivity index (χ3v) is 14.0. The van der Waals surface area contributed by atoms with E-state index in [9.17, 15) is 19.0 Å². The Hall–Kier alpha value is -4.37. The van der Waals surface area contributed by atoms with Gasteiger partial charge >= 0.3 is 11.9 Å². The van der Waals surface area contributed by atoms with Crippen LogP contribution in [0.3, 0.4) is 0 Å². The molecule has 2 unspecified atom stereocenters. The molecule has 0 aromatic rings. The van der Waals surface area contributed by atoms with Crippen molar-refractivity contribution in [3.8, 4) is 0 Å². The van der Waals surface area contributed by atoms with E-state index in [1.165, 1.54) is 83.5 Å². The predicted octanol–water partition coefficient (Wildman–Crippen LogP) is 20.2. The molecule has 0 saturated carbocycles. The van der Waals surface area contributed by atoms with Gasteiger partial charge < -0.3 is 27.9 Å². The highest BCUT2D eigenvalue weighted by molar-refractivity contribution is 7.45. The smallest absolute Gasteiger partial charge is 0.306 e. The molecule has 464 valence electrons. The maximum atomic E-state index is 12.8. The molecule has 0 fully saturated rings. The monoisotopic (exact) mass is 1160 g/mol. The zero-order valence-corrected chi connectivity index (χ0v) is 53.5. The Labute approximate surface area is 503 Å². The molecule has 0 saturated heterocycles. The quantitative estimate of drug-likeness (QED) is 0.0195. The molecule has 0 radical (unpaired) electrons. The largest absolute Gasteiger partial charge is 0.756 e. The number of allylic oxidation sites excluding steroid dienone is 26. The molecule has 0 rings (SSSR count). The van der Waals surface area contributed by atoms with Crippen LogP contribution >= 0.6 is 7.82 Å². The molecular weight excluding hydrogens is 1040 g/mol. The standard InChI is InChI=1S/C72H118NO8P/c1-6-8-10-12-14-16-18-20-22-24-25-26-27-28-29-30-31-32-33-34-35-36-37-38-39-40-41-42-43-44-45-46-47-49-51-53-55-57-59-61-63-65-72(75)81-70(69-80-82(76,77)79-67-66-73(3,4)5)68-78-71(74)64-62-60-58-56-54-52-50-48-23-21-19-17-15-13-11-9-7-2/h8-11,14-17,20-23,25-26,28-29,31-32,34-35,37-38,50,52,56,58,70H,6-7,12-13,18-19,24,27,30,33,36,39-49,51,53-55,57,59-69H2,1-5H3/b10-8-,11-9-,16-14-,17-15-,22-20-,23-21-,26-25-,29-28-,32-31-,35-34-,38-37-,52-50-,58-56-. The average molecular weight is 1160 g/mol. The maximum Gasteiger partial charge on any atom is 0.306 e. The molecule has 0 amide bonds. The molecule has 0 aromatic carbocycles. The predicted molar refractivity (Wildman–Crippen MR) is 350 cm³/mol. The summed E-state index contributed by atoms with van der Waals surface area (Å²) in [5, 5.41) is 0. The van der Waals surface area contributed by atoms with Gasteiger partial charge in [-0.15, -0.1) is 0 Å². The van der Waals surface area contributed by atoms with Crippen LogP contribution in [0.25, 0.3) is 0 Å². The average Bonchev–Trinajstić information content (AvgIpc) is 3.45. The van der Waals surface area contributed by atoms with Crippen molar-refractivity contribution in [2.75, 3.05) is 47.5 Å². The Morgan fingerprint density at radius 1 is 0.378 bits per heavy atom. The van der Waals surface area contributed by atoms with Gasteiger partial charge in [0.15, 0.2) is 6.10 Å². The van der Waals surface area contributed by atoms with Gasteiger partial charge in [-0.1, -0.05) is 262 Å². The van der Waals surface area contributed by atoms with Crippen LogP contribution in [0.2, 0.25) is 0 Å². The Kier molecular flexibility index (Phi) is 57.9. The SMILES string of the molecule is CC/C=C\C/C=C\C/C=C\C/C=C\C/C=C\C/C=C\C/C=C\C/C=C\CCCCCCCCCCCCCCCCCCC(=O)OC(COC(=O)CCC/C=C\C/C=C\C/C=C\C/C=C\C/C=C\CC)COP(=O)([O-])OCC[N+](C)(C)C. The van der Waals surface area contributed by atoms with Gasteiger partial charge in [0.05, 0.1) is 27.7 Å². The molecule has 0 aromatic heterocycles. The van der Waals surface area contributed by atoms with E-state index in [1.54, 1.807) is 0 Å².